The summed E-state index contributed by atoms with van der Waals surface area (Å²) < 4.78 is 22.2. The highest BCUT2D eigenvalue weighted by molar-refractivity contribution is 5.91. The number of rotatable bonds is 9. The van der Waals surface area contributed by atoms with Crippen LogP contribution in [0.3, 0.4) is 0 Å². The molecule has 7 heteroatoms. The minimum atomic E-state index is -0.142. The Kier molecular flexibility index (Phi) is 7.40. The van der Waals surface area contributed by atoms with Gasteiger partial charge >= 0.3 is 0 Å². The lowest BCUT2D eigenvalue weighted by Gasteiger charge is -2.26. The second kappa shape index (κ2) is 10.8. The van der Waals surface area contributed by atoms with Crippen LogP contribution in [-0.2, 0) is 17.9 Å². The normalized spacial score (nSPS) is 13.9. The molecule has 1 aromatic carbocycles. The van der Waals surface area contributed by atoms with Gasteiger partial charge in [-0.1, -0.05) is 6.07 Å². The number of benzene rings is 1. The number of carbonyl (C=O) groups excluding carboxylic acids is 1. The van der Waals surface area contributed by atoms with Crippen LogP contribution in [0.4, 0.5) is 5.88 Å². The van der Waals surface area contributed by atoms with Gasteiger partial charge in [0.2, 0.25) is 5.91 Å². The predicted octanol–water partition coefficient (Wildman–Crippen LogP) is 5.12. The van der Waals surface area contributed by atoms with E-state index in [1.54, 1.807) is 37.5 Å². The Bertz CT molecular complexity index is 1060. The topological polar surface area (TPSA) is 68.3 Å². The van der Waals surface area contributed by atoms with Crippen molar-refractivity contribution in [2.45, 2.75) is 32.4 Å². The van der Waals surface area contributed by atoms with Crippen molar-refractivity contribution in [1.82, 2.24) is 4.90 Å². The molecule has 1 amide bonds. The van der Waals surface area contributed by atoms with Crippen LogP contribution >= 0.6 is 0 Å². The van der Waals surface area contributed by atoms with Crippen molar-refractivity contribution in [2.75, 3.05) is 32.2 Å². The number of carbonyl (C=O) groups is 1. The van der Waals surface area contributed by atoms with E-state index in [2.05, 4.69) is 4.90 Å². The van der Waals surface area contributed by atoms with Gasteiger partial charge in [-0.25, -0.2) is 0 Å². The van der Waals surface area contributed by atoms with Crippen molar-refractivity contribution in [2.24, 2.45) is 0 Å². The predicted molar refractivity (Wildman–Crippen MR) is 126 cm³/mol. The molecule has 3 heterocycles. The molecule has 1 aliphatic rings. The summed E-state index contributed by atoms with van der Waals surface area (Å²) in [4.78, 5) is 17.1. The van der Waals surface area contributed by atoms with Crippen molar-refractivity contribution in [3.05, 3.63) is 71.9 Å². The third-order valence-corrected chi connectivity index (χ3v) is 5.73. The second-order valence-electron chi connectivity index (χ2n) is 8.01. The van der Waals surface area contributed by atoms with Gasteiger partial charge in [-0.05, 0) is 61.2 Å². The summed E-state index contributed by atoms with van der Waals surface area (Å²) in [6.45, 7) is 2.72. The van der Waals surface area contributed by atoms with Crippen LogP contribution < -0.4 is 14.4 Å². The largest absolute Gasteiger partial charge is 0.493 e. The average Bonchev–Trinajstić information content (AvgIpc) is 3.55. The van der Waals surface area contributed by atoms with E-state index in [1.807, 2.05) is 42.5 Å². The Hall–Kier alpha value is -3.61. The maximum atomic E-state index is 13.1. The third-order valence-electron chi connectivity index (χ3n) is 5.73. The summed E-state index contributed by atoms with van der Waals surface area (Å²) in [5, 5.41) is 0. The number of nitrogens with zero attached hydrogens (tertiary/aromatic N) is 2. The molecule has 0 N–H and O–H groups in total. The molecular formula is C26H30N2O5. The van der Waals surface area contributed by atoms with Crippen LogP contribution in [0.1, 0.15) is 36.3 Å². The van der Waals surface area contributed by atoms with E-state index in [9.17, 15) is 4.79 Å². The lowest BCUT2D eigenvalue weighted by atomic mass is 10.1. The number of anilines is 1. The van der Waals surface area contributed by atoms with E-state index in [1.165, 1.54) is 19.3 Å². The van der Waals surface area contributed by atoms with Gasteiger partial charge in [-0.2, -0.15) is 0 Å². The number of hydrogen-bond donors (Lipinski definition) is 0. The Morgan fingerprint density at radius 2 is 1.79 bits per heavy atom. The van der Waals surface area contributed by atoms with Gasteiger partial charge in [0.05, 0.1) is 33.6 Å². The van der Waals surface area contributed by atoms with Gasteiger partial charge < -0.3 is 28.1 Å². The molecule has 0 unspecified atom stereocenters. The Morgan fingerprint density at radius 3 is 2.52 bits per heavy atom. The van der Waals surface area contributed by atoms with Gasteiger partial charge in [-0.3, -0.25) is 4.79 Å². The Morgan fingerprint density at radius 1 is 1.00 bits per heavy atom. The van der Waals surface area contributed by atoms with Crippen LogP contribution in [0.5, 0.6) is 11.5 Å². The fourth-order valence-corrected chi connectivity index (χ4v) is 3.96. The highest BCUT2D eigenvalue weighted by Crippen LogP contribution is 2.28. The summed E-state index contributed by atoms with van der Waals surface area (Å²) in [7, 11) is 3.18. The first-order valence-corrected chi connectivity index (χ1v) is 11.2. The van der Waals surface area contributed by atoms with Crippen molar-refractivity contribution in [1.29, 1.82) is 0 Å². The van der Waals surface area contributed by atoms with Crippen molar-refractivity contribution >= 4 is 17.9 Å². The molecule has 0 atom stereocenters. The third kappa shape index (κ3) is 5.80. The molecule has 0 aliphatic carbocycles. The number of methoxy groups -OCH3 is 2. The summed E-state index contributed by atoms with van der Waals surface area (Å²) >= 11 is 0. The minimum absolute atomic E-state index is 0.142. The smallest absolute Gasteiger partial charge is 0.247 e. The molecule has 7 nitrogen and oxygen atoms in total. The monoisotopic (exact) mass is 450 g/mol. The molecule has 33 heavy (non-hydrogen) atoms. The van der Waals surface area contributed by atoms with Crippen molar-refractivity contribution in [3.63, 3.8) is 0 Å². The highest BCUT2D eigenvalue weighted by Gasteiger charge is 2.18. The van der Waals surface area contributed by atoms with Gasteiger partial charge in [0.1, 0.15) is 11.5 Å². The van der Waals surface area contributed by atoms with E-state index < -0.39 is 0 Å². The lowest BCUT2D eigenvalue weighted by Crippen LogP contribution is -2.29. The second-order valence-corrected chi connectivity index (χ2v) is 8.01. The van der Waals surface area contributed by atoms with E-state index in [0.29, 0.717) is 30.3 Å². The molecule has 1 aliphatic heterocycles. The first-order chi connectivity index (χ1) is 16.2. The van der Waals surface area contributed by atoms with Crippen molar-refractivity contribution < 1.29 is 23.1 Å². The Balaban J connectivity index is 1.49. The van der Waals surface area contributed by atoms with Crippen LogP contribution in [-0.4, -0.2) is 38.1 Å². The first kappa shape index (κ1) is 22.6. The summed E-state index contributed by atoms with van der Waals surface area (Å²) in [6, 6.07) is 13.1. The standard InChI is InChI=1S/C26H30N2O5/c1-30-23-11-8-20(17-24(23)31-2)9-12-25(29)28(18-21-7-6-16-32-21)19-22-10-13-26(33-22)27-14-4-3-5-15-27/h6-13,16-17H,3-5,14-15,18-19H2,1-2H3/b12-9+. The number of ether oxygens (including phenoxy) is 2. The van der Waals surface area contributed by atoms with E-state index in [0.717, 1.165) is 30.3 Å². The Labute approximate surface area is 194 Å². The maximum Gasteiger partial charge on any atom is 0.247 e. The quantitative estimate of drug-likeness (QED) is 0.422. The highest BCUT2D eigenvalue weighted by atomic mass is 16.5. The summed E-state index contributed by atoms with van der Waals surface area (Å²) in [6.07, 6.45) is 8.56. The minimum Gasteiger partial charge on any atom is -0.493 e. The lowest BCUT2D eigenvalue weighted by molar-refractivity contribution is -0.127. The van der Waals surface area contributed by atoms with Crippen molar-refractivity contribution in [3.8, 4) is 11.5 Å². The molecule has 0 radical (unpaired) electrons. The molecule has 0 bridgehead atoms. The fraction of sp³-hybridized carbons (Fsp3) is 0.346. The molecule has 4 rings (SSSR count). The van der Waals surface area contributed by atoms with Gasteiger partial charge in [-0.15, -0.1) is 0 Å². The molecule has 0 saturated carbocycles. The number of hydrogen-bond acceptors (Lipinski definition) is 6. The SMILES string of the molecule is COc1ccc(/C=C/C(=O)N(Cc2ccco2)Cc2ccc(N3CCCCC3)o2)cc1OC. The van der Waals surface area contributed by atoms with Crippen LogP contribution in [0.2, 0.25) is 0 Å². The zero-order chi connectivity index (χ0) is 23.0. The number of piperidine rings is 1. The molecule has 2 aromatic heterocycles. The zero-order valence-corrected chi connectivity index (χ0v) is 19.2. The zero-order valence-electron chi connectivity index (χ0n) is 19.2. The van der Waals surface area contributed by atoms with Crippen LogP contribution in [0.25, 0.3) is 6.08 Å². The molecule has 3 aromatic rings. The molecular weight excluding hydrogens is 420 g/mol. The van der Waals surface area contributed by atoms with E-state index >= 15 is 0 Å². The number of furan rings is 2. The van der Waals surface area contributed by atoms with Crippen LogP contribution in [0.15, 0.2) is 63.6 Å². The maximum absolute atomic E-state index is 13.1. The van der Waals surface area contributed by atoms with E-state index in [4.69, 9.17) is 18.3 Å². The molecule has 174 valence electrons. The van der Waals surface area contributed by atoms with E-state index in [-0.39, 0.29) is 5.91 Å². The molecule has 1 fully saturated rings. The molecule has 1 saturated heterocycles. The summed E-state index contributed by atoms with van der Waals surface area (Å²) in [5.41, 5.74) is 0.837. The van der Waals surface area contributed by atoms with Gasteiger partial charge in [0.25, 0.3) is 0 Å². The van der Waals surface area contributed by atoms with Gasteiger partial charge in [0, 0.05) is 25.2 Å². The van der Waals surface area contributed by atoms with Gasteiger partial charge in [0.15, 0.2) is 17.4 Å². The first-order valence-electron chi connectivity index (χ1n) is 11.2. The van der Waals surface area contributed by atoms with Crippen LogP contribution in [0, 0.1) is 0 Å². The fourth-order valence-electron chi connectivity index (χ4n) is 3.96. The molecule has 0 spiro atoms. The average molecular weight is 451 g/mol. The summed E-state index contributed by atoms with van der Waals surface area (Å²) in [5.74, 6) is 3.44. The number of amides is 1.